The van der Waals surface area contributed by atoms with Crippen LogP contribution in [0.15, 0.2) is 57.9 Å². The number of hydrogen-bond acceptors (Lipinski definition) is 7. The normalized spacial score (nSPS) is 11.8. The summed E-state index contributed by atoms with van der Waals surface area (Å²) in [6, 6.07) is 13.8. The Bertz CT molecular complexity index is 1030. The maximum absolute atomic E-state index is 5.43. The fraction of sp³-hybridized carbons (Fsp3) is 0.273. The van der Waals surface area contributed by atoms with E-state index in [4.69, 9.17) is 24.0 Å². The molecule has 0 spiro atoms. The average Bonchev–Trinajstić information content (AvgIpc) is 3.20. The smallest absolute Gasteiger partial charge is 0.206 e. The minimum atomic E-state index is 0.542. The number of benzene rings is 2. The van der Waals surface area contributed by atoms with E-state index in [1.54, 1.807) is 34.7 Å². The lowest BCUT2D eigenvalue weighted by atomic mass is 10.2. The predicted octanol–water partition coefficient (Wildman–Crippen LogP) is 3.67. The molecule has 1 aromatic heterocycles. The van der Waals surface area contributed by atoms with Gasteiger partial charge in [-0.15, -0.1) is 11.3 Å². The molecule has 3 rings (SSSR count). The zero-order valence-corrected chi connectivity index (χ0v) is 18.3. The molecule has 0 fully saturated rings. The summed E-state index contributed by atoms with van der Waals surface area (Å²) < 4.78 is 23.2. The molecular formula is C22H25N3O4S. The molecule has 0 N–H and O–H groups in total. The number of hydrogen-bond donors (Lipinski definition) is 0. The van der Waals surface area contributed by atoms with E-state index in [9.17, 15) is 0 Å². The van der Waals surface area contributed by atoms with Crippen molar-refractivity contribution in [2.24, 2.45) is 10.1 Å². The molecule has 0 bridgehead atoms. The minimum absolute atomic E-state index is 0.542. The number of aromatic nitrogens is 1. The molecule has 0 unspecified atom stereocenters. The molecule has 0 aliphatic rings. The minimum Gasteiger partial charge on any atom is -0.493 e. The highest BCUT2D eigenvalue weighted by Gasteiger charge is 2.13. The monoisotopic (exact) mass is 427 g/mol. The SMILES string of the molecule is COCCN=c1scc(-c2ccccc2)n1/N=C\c1cc(OC)c(OC)c(OC)c1. The Morgan fingerprint density at radius 2 is 1.67 bits per heavy atom. The molecule has 0 aliphatic heterocycles. The second-order valence-corrected chi connectivity index (χ2v) is 7.00. The maximum Gasteiger partial charge on any atom is 0.206 e. The molecule has 30 heavy (non-hydrogen) atoms. The largest absolute Gasteiger partial charge is 0.493 e. The first-order chi connectivity index (χ1) is 14.7. The lowest BCUT2D eigenvalue weighted by Crippen LogP contribution is -2.13. The van der Waals surface area contributed by atoms with Gasteiger partial charge in [-0.1, -0.05) is 30.3 Å². The highest BCUT2D eigenvalue weighted by atomic mass is 32.1. The van der Waals surface area contributed by atoms with Gasteiger partial charge in [0.2, 0.25) is 10.6 Å². The molecule has 158 valence electrons. The summed E-state index contributed by atoms with van der Waals surface area (Å²) in [4.78, 5) is 5.41. The molecule has 8 heteroatoms. The Kier molecular flexibility index (Phi) is 7.64. The predicted molar refractivity (Wildman–Crippen MR) is 119 cm³/mol. The number of rotatable bonds is 9. The average molecular weight is 428 g/mol. The van der Waals surface area contributed by atoms with E-state index < -0.39 is 0 Å². The Labute approximate surface area is 179 Å². The highest BCUT2D eigenvalue weighted by Crippen LogP contribution is 2.37. The van der Waals surface area contributed by atoms with Crippen molar-refractivity contribution in [2.45, 2.75) is 0 Å². The summed E-state index contributed by atoms with van der Waals surface area (Å²) in [5.74, 6) is 1.68. The van der Waals surface area contributed by atoms with Crippen molar-refractivity contribution in [2.75, 3.05) is 41.6 Å². The highest BCUT2D eigenvalue weighted by molar-refractivity contribution is 7.07. The van der Waals surface area contributed by atoms with Gasteiger partial charge in [0, 0.05) is 23.6 Å². The zero-order chi connectivity index (χ0) is 21.3. The fourth-order valence-electron chi connectivity index (χ4n) is 2.86. The van der Waals surface area contributed by atoms with Crippen LogP contribution in [0.4, 0.5) is 0 Å². The fourth-order valence-corrected chi connectivity index (χ4v) is 3.72. The van der Waals surface area contributed by atoms with Crippen LogP contribution in [0, 0.1) is 0 Å². The van der Waals surface area contributed by atoms with Crippen LogP contribution < -0.4 is 19.0 Å². The summed E-state index contributed by atoms with van der Waals surface area (Å²) in [7, 11) is 6.42. The summed E-state index contributed by atoms with van der Waals surface area (Å²) in [5, 5.41) is 6.76. The molecule has 1 heterocycles. The van der Waals surface area contributed by atoms with E-state index in [1.807, 2.05) is 52.5 Å². The Balaban J connectivity index is 2.06. The van der Waals surface area contributed by atoms with Gasteiger partial charge in [0.05, 0.1) is 46.4 Å². The van der Waals surface area contributed by atoms with Gasteiger partial charge in [-0.05, 0) is 12.1 Å². The lowest BCUT2D eigenvalue weighted by molar-refractivity contribution is 0.207. The van der Waals surface area contributed by atoms with Gasteiger partial charge in [-0.25, -0.2) is 4.68 Å². The maximum atomic E-state index is 5.43. The van der Waals surface area contributed by atoms with E-state index in [2.05, 4.69) is 4.99 Å². The van der Waals surface area contributed by atoms with Crippen molar-refractivity contribution in [3.8, 4) is 28.5 Å². The third-order valence-corrected chi connectivity index (χ3v) is 5.16. The zero-order valence-electron chi connectivity index (χ0n) is 17.5. The molecule has 0 aliphatic carbocycles. The van der Waals surface area contributed by atoms with Gasteiger partial charge < -0.3 is 18.9 Å². The molecule has 3 aromatic rings. The molecule has 7 nitrogen and oxygen atoms in total. The number of thiazole rings is 1. The number of ether oxygens (including phenoxy) is 4. The summed E-state index contributed by atoms with van der Waals surface area (Å²) in [6.07, 6.45) is 1.75. The van der Waals surface area contributed by atoms with Crippen molar-refractivity contribution in [3.63, 3.8) is 0 Å². The standard InChI is InChI=1S/C22H25N3O4S/c1-26-11-10-23-22-25(18(15-30-22)17-8-6-5-7-9-17)24-14-16-12-19(27-2)21(29-4)20(13-16)28-3/h5-9,12-15H,10-11H2,1-4H3/b23-22?,24-14-. The van der Waals surface area contributed by atoms with Crippen LogP contribution in [0.3, 0.4) is 0 Å². The molecule has 2 aromatic carbocycles. The van der Waals surface area contributed by atoms with Crippen LogP contribution in [-0.4, -0.2) is 52.5 Å². The third-order valence-electron chi connectivity index (χ3n) is 4.31. The number of nitrogens with zero attached hydrogens (tertiary/aromatic N) is 3. The second-order valence-electron chi connectivity index (χ2n) is 6.16. The molecule has 0 amide bonds. The topological polar surface area (TPSA) is 66.6 Å². The molecule has 0 atom stereocenters. The lowest BCUT2D eigenvalue weighted by Gasteiger charge is -2.12. The van der Waals surface area contributed by atoms with Crippen molar-refractivity contribution < 1.29 is 18.9 Å². The van der Waals surface area contributed by atoms with Gasteiger partial charge in [0.15, 0.2) is 11.5 Å². The van der Waals surface area contributed by atoms with Crippen LogP contribution in [-0.2, 0) is 4.74 Å². The van der Waals surface area contributed by atoms with Crippen LogP contribution in [0.2, 0.25) is 0 Å². The van der Waals surface area contributed by atoms with E-state index in [0.29, 0.717) is 30.4 Å². The summed E-state index contributed by atoms with van der Waals surface area (Å²) in [6.45, 7) is 1.11. The van der Waals surface area contributed by atoms with Gasteiger partial charge >= 0.3 is 0 Å². The molecular weight excluding hydrogens is 402 g/mol. The first kappa shape index (κ1) is 21.6. The van der Waals surface area contributed by atoms with Crippen molar-refractivity contribution in [3.05, 3.63) is 58.2 Å². The van der Waals surface area contributed by atoms with Crippen molar-refractivity contribution >= 4 is 17.6 Å². The Morgan fingerprint density at radius 3 is 2.27 bits per heavy atom. The van der Waals surface area contributed by atoms with Gasteiger partial charge in [0.1, 0.15) is 0 Å². The first-order valence-electron chi connectivity index (χ1n) is 9.31. The van der Waals surface area contributed by atoms with Gasteiger partial charge in [-0.3, -0.25) is 4.99 Å². The summed E-state index contributed by atoms with van der Waals surface area (Å²) >= 11 is 1.54. The summed E-state index contributed by atoms with van der Waals surface area (Å²) in [5.41, 5.74) is 2.83. The van der Waals surface area contributed by atoms with Gasteiger partial charge in [0.25, 0.3) is 0 Å². The van der Waals surface area contributed by atoms with E-state index in [1.165, 1.54) is 11.3 Å². The Morgan fingerprint density at radius 1 is 0.967 bits per heavy atom. The first-order valence-corrected chi connectivity index (χ1v) is 10.2. The van der Waals surface area contributed by atoms with Crippen LogP contribution in [0.1, 0.15) is 5.56 Å². The quantitative estimate of drug-likeness (QED) is 0.386. The third kappa shape index (κ3) is 4.90. The van der Waals surface area contributed by atoms with Gasteiger partial charge in [-0.2, -0.15) is 5.10 Å². The Hall–Kier alpha value is -3.10. The van der Waals surface area contributed by atoms with Crippen molar-refractivity contribution in [1.29, 1.82) is 0 Å². The van der Waals surface area contributed by atoms with E-state index in [0.717, 1.165) is 21.6 Å². The van der Waals surface area contributed by atoms with Crippen molar-refractivity contribution in [1.82, 2.24) is 4.68 Å². The van der Waals surface area contributed by atoms with Crippen LogP contribution in [0.25, 0.3) is 11.3 Å². The molecule has 0 saturated heterocycles. The second kappa shape index (κ2) is 10.6. The van der Waals surface area contributed by atoms with E-state index in [-0.39, 0.29) is 0 Å². The van der Waals surface area contributed by atoms with E-state index >= 15 is 0 Å². The van der Waals surface area contributed by atoms with Crippen LogP contribution in [0.5, 0.6) is 17.2 Å². The molecule has 0 saturated carbocycles. The van der Waals surface area contributed by atoms with Crippen LogP contribution >= 0.6 is 11.3 Å². The molecule has 0 radical (unpaired) electrons. The number of methoxy groups -OCH3 is 4.